The van der Waals surface area contributed by atoms with Crippen molar-refractivity contribution < 1.29 is 0 Å². The second-order valence-corrected chi connectivity index (χ2v) is 6.02. The number of nitrogens with one attached hydrogen (secondary N) is 1. The van der Waals surface area contributed by atoms with Gasteiger partial charge in [-0.3, -0.25) is 4.68 Å². The number of aryl methyl sites for hydroxylation is 2. The van der Waals surface area contributed by atoms with Crippen LogP contribution in [0.15, 0.2) is 22.0 Å². The zero-order chi connectivity index (χ0) is 13.0. The lowest BCUT2D eigenvalue weighted by Gasteiger charge is -2.05. The molecule has 98 valence electrons. The molecule has 0 fully saturated rings. The van der Waals surface area contributed by atoms with E-state index in [1.165, 1.54) is 10.6 Å². The molecule has 3 nitrogen and oxygen atoms in total. The Morgan fingerprint density at radius 1 is 1.50 bits per heavy atom. The highest BCUT2D eigenvalue weighted by Gasteiger charge is 2.11. The Hall–Kier alpha value is -0.650. The predicted octanol–water partition coefficient (Wildman–Crippen LogP) is 3.14. The van der Waals surface area contributed by atoms with Gasteiger partial charge in [-0.1, -0.05) is 13.0 Å². The zero-order valence-corrected chi connectivity index (χ0v) is 13.1. The summed E-state index contributed by atoms with van der Waals surface area (Å²) in [6, 6.07) is 4.28. The minimum Gasteiger partial charge on any atom is -0.311 e. The van der Waals surface area contributed by atoms with Crippen LogP contribution in [0.2, 0.25) is 0 Å². The molecule has 0 aliphatic carbocycles. The number of hydrogen-bond donors (Lipinski definition) is 1. The van der Waals surface area contributed by atoms with E-state index in [2.05, 4.69) is 50.8 Å². The van der Waals surface area contributed by atoms with Crippen molar-refractivity contribution in [1.29, 1.82) is 0 Å². The molecule has 0 aliphatic rings. The summed E-state index contributed by atoms with van der Waals surface area (Å²) in [6.07, 6.45) is 2.05. The normalized spacial score (nSPS) is 11.1. The largest absolute Gasteiger partial charge is 0.311 e. The van der Waals surface area contributed by atoms with E-state index in [0.717, 1.165) is 36.1 Å². The van der Waals surface area contributed by atoms with E-state index < -0.39 is 0 Å². The van der Waals surface area contributed by atoms with Crippen LogP contribution in [0, 0.1) is 0 Å². The molecule has 0 aliphatic heterocycles. The molecule has 2 rings (SSSR count). The molecular formula is C13H18BrN3S. The van der Waals surface area contributed by atoms with Crippen molar-refractivity contribution >= 4 is 27.3 Å². The molecule has 0 saturated carbocycles. The van der Waals surface area contributed by atoms with Crippen LogP contribution in [-0.2, 0) is 26.4 Å². The van der Waals surface area contributed by atoms with E-state index >= 15 is 0 Å². The molecular weight excluding hydrogens is 310 g/mol. The Morgan fingerprint density at radius 2 is 2.33 bits per heavy atom. The number of nitrogens with zero attached hydrogens (tertiary/aromatic N) is 2. The zero-order valence-electron chi connectivity index (χ0n) is 10.7. The second kappa shape index (κ2) is 6.50. The van der Waals surface area contributed by atoms with Crippen molar-refractivity contribution in [1.82, 2.24) is 15.1 Å². The second-order valence-electron chi connectivity index (χ2n) is 4.19. The summed E-state index contributed by atoms with van der Waals surface area (Å²) in [4.78, 5) is 1.43. The predicted molar refractivity (Wildman–Crippen MR) is 80.0 cm³/mol. The lowest BCUT2D eigenvalue weighted by molar-refractivity contribution is 0.623. The summed E-state index contributed by atoms with van der Waals surface area (Å²) in [5, 5.41) is 10.1. The first-order chi connectivity index (χ1) is 8.72. The van der Waals surface area contributed by atoms with Crippen molar-refractivity contribution in [3.8, 4) is 0 Å². The third kappa shape index (κ3) is 3.22. The molecule has 0 bridgehead atoms. The number of rotatable bonds is 6. The maximum absolute atomic E-state index is 4.49. The fraction of sp³-hybridized carbons (Fsp3) is 0.462. The Labute approximate surface area is 120 Å². The molecule has 0 atom stereocenters. The Morgan fingerprint density at radius 3 is 2.94 bits per heavy atom. The fourth-order valence-electron chi connectivity index (χ4n) is 1.89. The summed E-state index contributed by atoms with van der Waals surface area (Å²) in [5.74, 6) is 0. The van der Waals surface area contributed by atoms with Crippen molar-refractivity contribution in [2.75, 3.05) is 6.54 Å². The van der Waals surface area contributed by atoms with Crippen molar-refractivity contribution in [3.05, 3.63) is 38.3 Å². The average molecular weight is 328 g/mol. The van der Waals surface area contributed by atoms with Crippen LogP contribution in [0.1, 0.15) is 23.2 Å². The number of halogens is 1. The van der Waals surface area contributed by atoms with Crippen LogP contribution < -0.4 is 5.32 Å². The van der Waals surface area contributed by atoms with Gasteiger partial charge in [-0.25, -0.2) is 0 Å². The molecule has 0 aromatic carbocycles. The van der Waals surface area contributed by atoms with Crippen LogP contribution in [0.5, 0.6) is 0 Å². The van der Waals surface area contributed by atoms with Gasteiger partial charge < -0.3 is 5.32 Å². The topological polar surface area (TPSA) is 29.9 Å². The molecule has 0 saturated heterocycles. The van der Waals surface area contributed by atoms with Crippen LogP contribution in [0.3, 0.4) is 0 Å². The molecule has 0 spiro atoms. The molecule has 18 heavy (non-hydrogen) atoms. The Bertz CT molecular complexity index is 491. The SMILES string of the molecule is CCc1nn(C)c(CNCCc2cccs2)c1Br. The van der Waals surface area contributed by atoms with Gasteiger partial charge in [-0.05, 0) is 40.2 Å². The number of aromatic nitrogens is 2. The molecule has 2 aromatic rings. The molecule has 5 heteroatoms. The van der Waals surface area contributed by atoms with E-state index in [1.54, 1.807) is 0 Å². The molecule has 2 heterocycles. The van der Waals surface area contributed by atoms with Gasteiger partial charge in [0.25, 0.3) is 0 Å². The molecule has 1 N–H and O–H groups in total. The van der Waals surface area contributed by atoms with E-state index in [0.29, 0.717) is 0 Å². The number of hydrogen-bond acceptors (Lipinski definition) is 3. The van der Waals surface area contributed by atoms with Gasteiger partial charge >= 0.3 is 0 Å². The highest BCUT2D eigenvalue weighted by atomic mass is 79.9. The minimum atomic E-state index is 0.857. The van der Waals surface area contributed by atoms with Crippen molar-refractivity contribution in [2.24, 2.45) is 7.05 Å². The van der Waals surface area contributed by atoms with Gasteiger partial charge in [0, 0.05) is 25.0 Å². The van der Waals surface area contributed by atoms with Gasteiger partial charge in [0.15, 0.2) is 0 Å². The average Bonchev–Trinajstić information content (AvgIpc) is 2.96. The van der Waals surface area contributed by atoms with Crippen LogP contribution >= 0.6 is 27.3 Å². The van der Waals surface area contributed by atoms with Gasteiger partial charge in [-0.2, -0.15) is 5.10 Å². The minimum absolute atomic E-state index is 0.857. The molecule has 2 aromatic heterocycles. The van der Waals surface area contributed by atoms with Crippen LogP contribution in [0.25, 0.3) is 0 Å². The maximum atomic E-state index is 4.49. The molecule has 0 radical (unpaired) electrons. The fourth-order valence-corrected chi connectivity index (χ4v) is 3.35. The Kier molecular flexibility index (Phi) is 4.97. The smallest absolute Gasteiger partial charge is 0.0767 e. The maximum Gasteiger partial charge on any atom is 0.0767 e. The molecule has 0 unspecified atom stereocenters. The van der Waals surface area contributed by atoms with Crippen molar-refractivity contribution in [3.63, 3.8) is 0 Å². The first-order valence-corrected chi connectivity index (χ1v) is 7.83. The van der Waals surface area contributed by atoms with Crippen LogP contribution in [-0.4, -0.2) is 16.3 Å². The quantitative estimate of drug-likeness (QED) is 0.826. The first kappa shape index (κ1) is 13.8. The highest BCUT2D eigenvalue weighted by molar-refractivity contribution is 9.10. The van der Waals surface area contributed by atoms with E-state index in [1.807, 2.05) is 23.1 Å². The monoisotopic (exact) mass is 327 g/mol. The first-order valence-electron chi connectivity index (χ1n) is 6.15. The number of thiophene rings is 1. The lowest BCUT2D eigenvalue weighted by Crippen LogP contribution is -2.18. The summed E-state index contributed by atoms with van der Waals surface area (Å²) < 4.78 is 3.11. The van der Waals surface area contributed by atoms with E-state index in [4.69, 9.17) is 0 Å². The summed E-state index contributed by atoms with van der Waals surface area (Å²) >= 11 is 5.45. The summed E-state index contributed by atoms with van der Waals surface area (Å²) in [7, 11) is 2.00. The highest BCUT2D eigenvalue weighted by Crippen LogP contribution is 2.21. The molecule has 0 amide bonds. The summed E-state index contributed by atoms with van der Waals surface area (Å²) in [6.45, 7) is 3.98. The summed E-state index contributed by atoms with van der Waals surface area (Å²) in [5.41, 5.74) is 2.35. The van der Waals surface area contributed by atoms with Gasteiger partial charge in [0.05, 0.1) is 15.9 Å². The Balaban J connectivity index is 1.85. The van der Waals surface area contributed by atoms with E-state index in [9.17, 15) is 0 Å². The van der Waals surface area contributed by atoms with Crippen molar-refractivity contribution in [2.45, 2.75) is 26.3 Å². The van der Waals surface area contributed by atoms with E-state index in [-0.39, 0.29) is 0 Å². The van der Waals surface area contributed by atoms with Gasteiger partial charge in [0.2, 0.25) is 0 Å². The van der Waals surface area contributed by atoms with Gasteiger partial charge in [-0.15, -0.1) is 11.3 Å². The standard InChI is InChI=1S/C13H18BrN3S/c1-3-11-13(14)12(17(2)16-11)9-15-7-6-10-5-4-8-18-10/h4-5,8,15H,3,6-7,9H2,1-2H3. The lowest BCUT2D eigenvalue weighted by atomic mass is 10.3. The third-order valence-corrected chi connectivity index (χ3v) is 4.78. The third-order valence-electron chi connectivity index (χ3n) is 2.92. The van der Waals surface area contributed by atoms with Gasteiger partial charge in [0.1, 0.15) is 0 Å². The van der Waals surface area contributed by atoms with Crippen LogP contribution in [0.4, 0.5) is 0 Å².